The first-order valence-corrected chi connectivity index (χ1v) is 7.77. The number of nitrogens with zero attached hydrogens (tertiary/aromatic N) is 1. The van der Waals surface area contributed by atoms with Crippen LogP contribution in [-0.2, 0) is 11.2 Å². The first kappa shape index (κ1) is 14.7. The highest BCUT2D eigenvalue weighted by molar-refractivity contribution is 9.10. The summed E-state index contributed by atoms with van der Waals surface area (Å²) in [4.78, 5) is 16.3. The zero-order valence-corrected chi connectivity index (χ0v) is 13.5. The lowest BCUT2D eigenvalue weighted by Crippen LogP contribution is -2.33. The van der Waals surface area contributed by atoms with E-state index in [4.69, 9.17) is 0 Å². The van der Waals surface area contributed by atoms with Crippen molar-refractivity contribution >= 4 is 21.7 Å². The zero-order chi connectivity index (χ0) is 14.0. The smallest absolute Gasteiger partial charge is 0.136 e. The quantitative estimate of drug-likeness (QED) is 0.806. The number of Topliss-reactive ketones (excluding diaryl/α,β-unsaturated/α-hetero) is 1. The molecule has 104 valence electrons. The summed E-state index contributed by atoms with van der Waals surface area (Å²) in [7, 11) is 0. The van der Waals surface area contributed by atoms with Crippen molar-refractivity contribution in [2.75, 3.05) is 0 Å². The molecule has 3 heteroatoms. The van der Waals surface area contributed by atoms with Crippen LogP contribution in [0.1, 0.15) is 45.6 Å². The van der Waals surface area contributed by atoms with Crippen LogP contribution < -0.4 is 0 Å². The Balaban J connectivity index is 2.08. The van der Waals surface area contributed by atoms with E-state index in [1.165, 1.54) is 0 Å². The van der Waals surface area contributed by atoms with Crippen molar-refractivity contribution in [1.82, 2.24) is 4.98 Å². The number of pyridine rings is 1. The second kappa shape index (κ2) is 5.74. The highest BCUT2D eigenvalue weighted by atomic mass is 79.9. The molecule has 1 saturated carbocycles. The van der Waals surface area contributed by atoms with Gasteiger partial charge in [-0.15, -0.1) is 0 Å². The lowest BCUT2D eigenvalue weighted by Gasteiger charge is -2.37. The van der Waals surface area contributed by atoms with E-state index in [1.54, 1.807) is 6.20 Å². The van der Waals surface area contributed by atoms with Crippen molar-refractivity contribution in [2.45, 2.75) is 46.5 Å². The van der Waals surface area contributed by atoms with E-state index >= 15 is 0 Å². The molecule has 0 saturated heterocycles. The van der Waals surface area contributed by atoms with Crippen molar-refractivity contribution < 1.29 is 4.79 Å². The van der Waals surface area contributed by atoms with Crippen molar-refractivity contribution in [3.8, 4) is 0 Å². The van der Waals surface area contributed by atoms with E-state index in [2.05, 4.69) is 47.8 Å². The maximum Gasteiger partial charge on any atom is 0.136 e. The molecule has 2 atom stereocenters. The minimum atomic E-state index is 0.175. The van der Waals surface area contributed by atoms with E-state index in [-0.39, 0.29) is 5.92 Å². The Kier molecular flexibility index (Phi) is 4.44. The largest absolute Gasteiger partial charge is 0.299 e. The summed E-state index contributed by atoms with van der Waals surface area (Å²) in [6, 6.07) is 2.07. The number of hydrogen-bond acceptors (Lipinski definition) is 2. The predicted octanol–water partition coefficient (Wildman–Crippen LogP) is 4.42. The second-order valence-corrected chi connectivity index (χ2v) is 7.63. The van der Waals surface area contributed by atoms with E-state index in [0.717, 1.165) is 35.7 Å². The summed E-state index contributed by atoms with van der Waals surface area (Å²) in [5.41, 5.74) is 1.45. The molecule has 2 nitrogen and oxygen atoms in total. The molecule has 0 aromatic carbocycles. The minimum Gasteiger partial charge on any atom is -0.299 e. The number of ketones is 1. The summed E-state index contributed by atoms with van der Waals surface area (Å²) < 4.78 is 0.987. The van der Waals surface area contributed by atoms with Gasteiger partial charge in [0.1, 0.15) is 5.78 Å². The molecular formula is C16H22BrNO. The van der Waals surface area contributed by atoms with Gasteiger partial charge < -0.3 is 0 Å². The number of halogens is 1. The lowest BCUT2D eigenvalue weighted by molar-refractivity contribution is -0.126. The van der Waals surface area contributed by atoms with Gasteiger partial charge in [-0.05, 0) is 58.2 Å². The van der Waals surface area contributed by atoms with Crippen LogP contribution in [0.4, 0.5) is 0 Å². The fourth-order valence-corrected chi connectivity index (χ4v) is 3.36. The molecule has 1 fully saturated rings. The summed E-state index contributed by atoms with van der Waals surface area (Å²) in [5, 5.41) is 0. The third kappa shape index (κ3) is 3.88. The SMILES string of the molecule is CC(C)(C)C1CCC(=O)C(Cc2cncc(Br)c2)C1. The number of rotatable bonds is 2. The van der Waals surface area contributed by atoms with E-state index < -0.39 is 0 Å². The van der Waals surface area contributed by atoms with Crippen LogP contribution in [0.15, 0.2) is 22.9 Å². The third-order valence-electron chi connectivity index (χ3n) is 4.23. The molecule has 1 heterocycles. The van der Waals surface area contributed by atoms with E-state index in [1.807, 2.05) is 6.20 Å². The zero-order valence-electron chi connectivity index (χ0n) is 11.9. The molecule has 0 spiro atoms. The van der Waals surface area contributed by atoms with Crippen LogP contribution in [0.25, 0.3) is 0 Å². The molecule has 1 aliphatic rings. The molecule has 19 heavy (non-hydrogen) atoms. The standard InChI is InChI=1S/C16H22BrNO/c1-16(2,3)13-4-5-15(19)12(8-13)6-11-7-14(17)10-18-9-11/h7,9-10,12-13H,4-6,8H2,1-3H3. The van der Waals surface area contributed by atoms with Gasteiger partial charge in [-0.3, -0.25) is 9.78 Å². The monoisotopic (exact) mass is 323 g/mol. The molecule has 1 aliphatic carbocycles. The Morgan fingerprint density at radius 3 is 2.74 bits per heavy atom. The molecule has 0 aliphatic heterocycles. The first-order valence-electron chi connectivity index (χ1n) is 6.98. The van der Waals surface area contributed by atoms with Gasteiger partial charge in [-0.2, -0.15) is 0 Å². The third-order valence-corrected chi connectivity index (χ3v) is 4.67. The normalized spacial score (nSPS) is 24.5. The molecule has 1 aromatic heterocycles. The maximum atomic E-state index is 12.1. The van der Waals surface area contributed by atoms with Crippen molar-refractivity contribution in [3.05, 3.63) is 28.5 Å². The highest BCUT2D eigenvalue weighted by Gasteiger charge is 2.34. The first-order chi connectivity index (χ1) is 8.86. The Bertz CT molecular complexity index is 464. The van der Waals surface area contributed by atoms with E-state index in [0.29, 0.717) is 17.1 Å². The molecule has 2 unspecified atom stereocenters. The van der Waals surface area contributed by atoms with Gasteiger partial charge in [0.25, 0.3) is 0 Å². The maximum absolute atomic E-state index is 12.1. The van der Waals surface area contributed by atoms with Gasteiger partial charge in [0.05, 0.1) is 0 Å². The van der Waals surface area contributed by atoms with Gasteiger partial charge in [0.15, 0.2) is 0 Å². The molecule has 1 aromatic rings. The minimum absolute atomic E-state index is 0.175. The number of carbonyl (C=O) groups excluding carboxylic acids is 1. The summed E-state index contributed by atoms with van der Waals surface area (Å²) in [6.45, 7) is 6.85. The Morgan fingerprint density at radius 1 is 1.37 bits per heavy atom. The fourth-order valence-electron chi connectivity index (χ4n) is 2.95. The molecule has 0 bridgehead atoms. The Hall–Kier alpha value is -0.700. The number of carbonyl (C=O) groups is 1. The van der Waals surface area contributed by atoms with Crippen molar-refractivity contribution in [1.29, 1.82) is 0 Å². The fraction of sp³-hybridized carbons (Fsp3) is 0.625. The summed E-state index contributed by atoms with van der Waals surface area (Å²) >= 11 is 3.44. The van der Waals surface area contributed by atoms with Gasteiger partial charge in [0, 0.05) is 29.2 Å². The number of hydrogen-bond donors (Lipinski definition) is 0. The molecule has 0 amide bonds. The average molecular weight is 324 g/mol. The Labute approximate surface area is 124 Å². The Morgan fingerprint density at radius 2 is 2.11 bits per heavy atom. The van der Waals surface area contributed by atoms with Gasteiger partial charge in [0.2, 0.25) is 0 Å². The summed E-state index contributed by atoms with van der Waals surface area (Å²) in [6.07, 6.45) is 7.30. The summed E-state index contributed by atoms with van der Waals surface area (Å²) in [5.74, 6) is 1.25. The lowest BCUT2D eigenvalue weighted by atomic mass is 9.67. The van der Waals surface area contributed by atoms with E-state index in [9.17, 15) is 4.79 Å². The van der Waals surface area contributed by atoms with Crippen LogP contribution in [-0.4, -0.2) is 10.8 Å². The molecular weight excluding hydrogens is 302 g/mol. The number of aromatic nitrogens is 1. The topological polar surface area (TPSA) is 30.0 Å². The van der Waals surface area contributed by atoms with Crippen LogP contribution in [0, 0.1) is 17.3 Å². The van der Waals surface area contributed by atoms with Gasteiger partial charge in [-0.1, -0.05) is 20.8 Å². The van der Waals surface area contributed by atoms with Crippen LogP contribution in [0.2, 0.25) is 0 Å². The predicted molar refractivity (Wildman–Crippen MR) is 80.9 cm³/mol. The molecule has 2 rings (SSSR count). The van der Waals surface area contributed by atoms with Gasteiger partial charge in [-0.25, -0.2) is 0 Å². The van der Waals surface area contributed by atoms with Crippen LogP contribution in [0.3, 0.4) is 0 Å². The van der Waals surface area contributed by atoms with Gasteiger partial charge >= 0.3 is 0 Å². The second-order valence-electron chi connectivity index (χ2n) is 6.72. The van der Waals surface area contributed by atoms with Crippen molar-refractivity contribution in [2.24, 2.45) is 17.3 Å². The highest BCUT2D eigenvalue weighted by Crippen LogP contribution is 2.39. The average Bonchev–Trinajstić information content (AvgIpc) is 2.30. The molecule has 0 N–H and O–H groups in total. The molecule has 0 radical (unpaired) electrons. The van der Waals surface area contributed by atoms with Crippen molar-refractivity contribution in [3.63, 3.8) is 0 Å². The van der Waals surface area contributed by atoms with Crippen LogP contribution in [0.5, 0.6) is 0 Å². The van der Waals surface area contributed by atoms with Crippen LogP contribution >= 0.6 is 15.9 Å².